The van der Waals surface area contributed by atoms with E-state index in [-0.39, 0.29) is 22.7 Å². The number of nitrogens with zero attached hydrogens (tertiary/aromatic N) is 3. The Balaban J connectivity index is 1.51. The first-order valence-electron chi connectivity index (χ1n) is 8.41. The number of aromatic nitrogens is 2. The van der Waals surface area contributed by atoms with Gasteiger partial charge in [-0.3, -0.25) is 10.1 Å². The number of carbonyl (C=O) groups is 1. The molecule has 4 rings (SSSR count). The average Bonchev–Trinajstić information content (AvgIpc) is 3.42. The zero-order valence-corrected chi connectivity index (χ0v) is 16.8. The van der Waals surface area contributed by atoms with E-state index < -0.39 is 22.0 Å². The van der Waals surface area contributed by atoms with Crippen LogP contribution in [0.5, 0.6) is 0 Å². The van der Waals surface area contributed by atoms with Crippen molar-refractivity contribution in [1.82, 2.24) is 14.5 Å². The van der Waals surface area contributed by atoms with E-state index in [2.05, 4.69) is 15.5 Å². The molecule has 1 unspecified atom stereocenters. The number of sulfonamides is 1. The summed E-state index contributed by atoms with van der Waals surface area (Å²) in [7, 11) is -3.71. The van der Waals surface area contributed by atoms with Crippen LogP contribution in [-0.2, 0) is 14.8 Å². The Morgan fingerprint density at radius 3 is 2.89 bits per heavy atom. The maximum atomic E-state index is 12.8. The largest absolute Gasteiger partial charge is 0.403 e. The zero-order chi connectivity index (χ0) is 19.7. The number of benzene rings is 1. The Hall–Kier alpha value is -2.27. The summed E-state index contributed by atoms with van der Waals surface area (Å²) in [5.41, 5.74) is 0.614. The average molecular weight is 439 g/mol. The molecular weight excluding hydrogens is 424 g/mol. The van der Waals surface area contributed by atoms with Gasteiger partial charge in [-0.05, 0) is 42.5 Å². The fraction of sp³-hybridized carbons (Fsp3) is 0.235. The molecule has 1 amide bonds. The summed E-state index contributed by atoms with van der Waals surface area (Å²) in [5, 5.41) is 12.4. The number of amides is 1. The van der Waals surface area contributed by atoms with Crippen molar-refractivity contribution in [3.05, 3.63) is 46.8 Å². The maximum Gasteiger partial charge on any atom is 0.322 e. The Morgan fingerprint density at radius 2 is 2.14 bits per heavy atom. The van der Waals surface area contributed by atoms with E-state index in [0.29, 0.717) is 23.4 Å². The molecule has 3 heterocycles. The number of anilines is 1. The number of halogens is 1. The lowest BCUT2D eigenvalue weighted by Gasteiger charge is -2.21. The monoisotopic (exact) mass is 438 g/mol. The van der Waals surface area contributed by atoms with Gasteiger partial charge in [-0.15, -0.1) is 16.4 Å². The van der Waals surface area contributed by atoms with Gasteiger partial charge in [0.15, 0.2) is 0 Å². The van der Waals surface area contributed by atoms with Crippen molar-refractivity contribution in [1.29, 1.82) is 0 Å². The second-order valence-electron chi connectivity index (χ2n) is 6.12. The molecule has 11 heteroatoms. The number of thiophene rings is 1. The predicted octanol–water partition coefficient (Wildman–Crippen LogP) is 3.24. The number of carbonyl (C=O) groups excluding carboxylic acids is 1. The highest BCUT2D eigenvalue weighted by molar-refractivity contribution is 7.91. The molecule has 1 aromatic carbocycles. The first kappa shape index (κ1) is 19.1. The molecule has 1 aliphatic rings. The molecule has 0 radical (unpaired) electrons. The van der Waals surface area contributed by atoms with Crippen LogP contribution in [0.4, 0.5) is 6.01 Å². The van der Waals surface area contributed by atoms with Gasteiger partial charge in [0.25, 0.3) is 10.0 Å². The van der Waals surface area contributed by atoms with Crippen LogP contribution in [0.3, 0.4) is 0 Å². The molecule has 1 fully saturated rings. The van der Waals surface area contributed by atoms with E-state index in [9.17, 15) is 13.2 Å². The normalized spacial score (nSPS) is 17.7. The lowest BCUT2D eigenvalue weighted by Crippen LogP contribution is -2.42. The molecule has 0 spiro atoms. The number of hydrogen-bond donors (Lipinski definition) is 1. The Morgan fingerprint density at radius 1 is 1.29 bits per heavy atom. The Labute approximate surface area is 170 Å². The minimum atomic E-state index is -3.71. The molecule has 1 N–H and O–H groups in total. The van der Waals surface area contributed by atoms with Crippen molar-refractivity contribution in [3.63, 3.8) is 0 Å². The van der Waals surface area contributed by atoms with Crippen molar-refractivity contribution in [2.24, 2.45) is 0 Å². The molecule has 1 saturated heterocycles. The molecule has 3 aromatic rings. The molecule has 2 aromatic heterocycles. The van der Waals surface area contributed by atoms with Gasteiger partial charge in [-0.2, -0.15) is 4.31 Å². The number of rotatable bonds is 5. The fourth-order valence-electron chi connectivity index (χ4n) is 3.02. The summed E-state index contributed by atoms with van der Waals surface area (Å²) in [5.74, 6) is -0.300. The third kappa shape index (κ3) is 3.68. The number of nitrogens with one attached hydrogen (secondary N) is 1. The summed E-state index contributed by atoms with van der Waals surface area (Å²) in [6, 6.07) is 9.14. The second kappa shape index (κ2) is 7.63. The quantitative estimate of drug-likeness (QED) is 0.655. The van der Waals surface area contributed by atoms with Gasteiger partial charge in [-0.1, -0.05) is 28.8 Å². The third-order valence-corrected chi connectivity index (χ3v) is 7.81. The second-order valence-corrected chi connectivity index (χ2v) is 9.62. The molecule has 28 heavy (non-hydrogen) atoms. The summed E-state index contributed by atoms with van der Waals surface area (Å²) in [4.78, 5) is 12.7. The van der Waals surface area contributed by atoms with E-state index in [1.165, 1.54) is 10.4 Å². The lowest BCUT2D eigenvalue weighted by atomic mass is 10.2. The summed E-state index contributed by atoms with van der Waals surface area (Å²) in [6.45, 7) is 0.288. The van der Waals surface area contributed by atoms with Crippen molar-refractivity contribution in [3.8, 4) is 11.5 Å². The van der Waals surface area contributed by atoms with Gasteiger partial charge in [0.2, 0.25) is 11.8 Å². The number of hydrogen-bond acceptors (Lipinski definition) is 7. The third-order valence-electron chi connectivity index (χ3n) is 4.29. The SMILES string of the molecule is O=C(Nc1nnc(-c2cccc(Cl)c2)o1)C1CCCN1S(=O)(=O)c1cccs1. The van der Waals surface area contributed by atoms with Crippen LogP contribution < -0.4 is 5.32 Å². The molecular formula is C17H15ClN4O4S2. The van der Waals surface area contributed by atoms with Gasteiger partial charge in [0.05, 0.1) is 0 Å². The minimum Gasteiger partial charge on any atom is -0.403 e. The van der Waals surface area contributed by atoms with Crippen molar-refractivity contribution >= 4 is 44.9 Å². The summed E-state index contributed by atoms with van der Waals surface area (Å²) in [6.07, 6.45) is 1.02. The van der Waals surface area contributed by atoms with Crippen LogP contribution in [0, 0.1) is 0 Å². The van der Waals surface area contributed by atoms with Crippen LogP contribution in [0.1, 0.15) is 12.8 Å². The predicted molar refractivity (Wildman–Crippen MR) is 105 cm³/mol. The van der Waals surface area contributed by atoms with Crippen LogP contribution in [0.15, 0.2) is 50.4 Å². The standard InChI is InChI=1S/C17H15ClN4O4S2/c18-12-5-1-4-11(10-12)16-20-21-17(26-16)19-15(23)13-6-2-8-22(13)28(24,25)14-7-3-9-27-14/h1,3-5,7,9-10,13H,2,6,8H2,(H,19,21,23). The van der Waals surface area contributed by atoms with Crippen molar-refractivity contribution in [2.45, 2.75) is 23.1 Å². The molecule has 146 valence electrons. The molecule has 8 nitrogen and oxygen atoms in total. The maximum absolute atomic E-state index is 12.8. The van der Waals surface area contributed by atoms with E-state index in [1.807, 2.05) is 0 Å². The van der Waals surface area contributed by atoms with Crippen LogP contribution in [0.2, 0.25) is 5.02 Å². The zero-order valence-electron chi connectivity index (χ0n) is 14.4. The van der Waals surface area contributed by atoms with E-state index in [1.54, 1.807) is 35.7 Å². The highest BCUT2D eigenvalue weighted by Crippen LogP contribution is 2.29. The lowest BCUT2D eigenvalue weighted by molar-refractivity contribution is -0.119. The van der Waals surface area contributed by atoms with Gasteiger partial charge < -0.3 is 4.42 Å². The Kier molecular flexibility index (Phi) is 5.19. The highest BCUT2D eigenvalue weighted by Gasteiger charge is 2.40. The smallest absolute Gasteiger partial charge is 0.322 e. The first-order chi connectivity index (χ1) is 13.4. The van der Waals surface area contributed by atoms with Gasteiger partial charge in [0, 0.05) is 17.1 Å². The summed E-state index contributed by atoms with van der Waals surface area (Å²) < 4.78 is 32.5. The van der Waals surface area contributed by atoms with Crippen molar-refractivity contribution < 1.29 is 17.6 Å². The molecule has 0 saturated carbocycles. The molecule has 0 aliphatic carbocycles. The van der Waals surface area contributed by atoms with Gasteiger partial charge >= 0.3 is 6.01 Å². The van der Waals surface area contributed by atoms with Crippen LogP contribution in [0.25, 0.3) is 11.5 Å². The molecule has 1 aliphatic heterocycles. The first-order valence-corrected chi connectivity index (χ1v) is 11.1. The van der Waals surface area contributed by atoms with E-state index in [4.69, 9.17) is 16.0 Å². The Bertz CT molecular complexity index is 1100. The van der Waals surface area contributed by atoms with E-state index >= 15 is 0 Å². The van der Waals surface area contributed by atoms with Gasteiger partial charge in [-0.25, -0.2) is 8.42 Å². The van der Waals surface area contributed by atoms with Crippen molar-refractivity contribution in [2.75, 3.05) is 11.9 Å². The summed E-state index contributed by atoms with van der Waals surface area (Å²) >= 11 is 7.08. The highest BCUT2D eigenvalue weighted by atomic mass is 35.5. The van der Waals surface area contributed by atoms with E-state index in [0.717, 1.165) is 11.3 Å². The van der Waals surface area contributed by atoms with Crippen LogP contribution in [-0.4, -0.2) is 41.4 Å². The molecule has 0 bridgehead atoms. The van der Waals surface area contributed by atoms with Gasteiger partial charge in [0.1, 0.15) is 10.3 Å². The van der Waals surface area contributed by atoms with Crippen LogP contribution >= 0.6 is 22.9 Å². The fourth-order valence-corrected chi connectivity index (χ4v) is 5.98. The topological polar surface area (TPSA) is 105 Å². The minimum absolute atomic E-state index is 0.0969. The molecule has 1 atom stereocenters.